The molecule has 0 bridgehead atoms. The summed E-state index contributed by atoms with van der Waals surface area (Å²) in [5.41, 5.74) is 0.525. The van der Waals surface area contributed by atoms with Gasteiger partial charge in [0, 0.05) is 16.9 Å². The molecule has 2 amide bonds. The number of hydrogen-bond donors (Lipinski definition) is 1. The zero-order chi connectivity index (χ0) is 14.7. The van der Waals surface area contributed by atoms with Crippen molar-refractivity contribution in [3.05, 3.63) is 49.6 Å². The topological polar surface area (TPSA) is 32.3 Å². The van der Waals surface area contributed by atoms with Crippen molar-refractivity contribution < 1.29 is 4.79 Å². The Balaban J connectivity index is 2.00. The minimum Gasteiger partial charge on any atom is -0.322 e. The lowest BCUT2D eigenvalue weighted by atomic mass is 10.3. The van der Waals surface area contributed by atoms with Gasteiger partial charge in [0.05, 0.1) is 21.6 Å². The van der Waals surface area contributed by atoms with Gasteiger partial charge in [-0.05, 0) is 30.3 Å². The Labute approximate surface area is 136 Å². The van der Waals surface area contributed by atoms with E-state index in [1.54, 1.807) is 30.1 Å². The van der Waals surface area contributed by atoms with Crippen LogP contribution in [0.2, 0.25) is 14.4 Å². The van der Waals surface area contributed by atoms with Gasteiger partial charge < -0.3 is 10.2 Å². The molecule has 1 heterocycles. The monoisotopic (exact) mass is 348 g/mol. The number of hydrogen-bond acceptors (Lipinski definition) is 2. The molecule has 7 heteroatoms. The number of carbonyl (C=O) groups is 1. The third-order valence-corrected chi connectivity index (χ3v) is 4.31. The number of anilines is 1. The Morgan fingerprint density at radius 3 is 2.60 bits per heavy atom. The average molecular weight is 350 g/mol. The third-order valence-electron chi connectivity index (χ3n) is 2.54. The van der Waals surface area contributed by atoms with Gasteiger partial charge in [-0.15, -0.1) is 11.3 Å². The molecular weight excluding hydrogens is 339 g/mol. The van der Waals surface area contributed by atoms with Crippen LogP contribution in [0.5, 0.6) is 0 Å². The lowest BCUT2D eigenvalue weighted by Gasteiger charge is -2.17. The zero-order valence-electron chi connectivity index (χ0n) is 10.5. The molecule has 0 radical (unpaired) electrons. The maximum Gasteiger partial charge on any atom is 0.321 e. The first-order chi connectivity index (χ1) is 9.45. The number of halogens is 3. The van der Waals surface area contributed by atoms with Crippen LogP contribution in [0.1, 0.15) is 4.88 Å². The lowest BCUT2D eigenvalue weighted by molar-refractivity contribution is 0.221. The first kappa shape index (κ1) is 15.4. The van der Waals surface area contributed by atoms with Crippen LogP contribution in [-0.4, -0.2) is 18.0 Å². The molecule has 3 nitrogen and oxygen atoms in total. The highest BCUT2D eigenvalue weighted by molar-refractivity contribution is 7.16. The molecule has 0 saturated heterocycles. The summed E-state index contributed by atoms with van der Waals surface area (Å²) in [4.78, 5) is 14.6. The van der Waals surface area contributed by atoms with E-state index in [1.807, 2.05) is 12.1 Å². The van der Waals surface area contributed by atoms with Crippen LogP contribution >= 0.6 is 46.1 Å². The van der Waals surface area contributed by atoms with Gasteiger partial charge in [0.2, 0.25) is 0 Å². The zero-order valence-corrected chi connectivity index (χ0v) is 13.6. The summed E-state index contributed by atoms with van der Waals surface area (Å²) in [7, 11) is 1.70. The molecule has 1 N–H and O–H groups in total. The summed E-state index contributed by atoms with van der Waals surface area (Å²) in [6.45, 7) is 0.481. The van der Waals surface area contributed by atoms with Crippen LogP contribution < -0.4 is 5.32 Å². The van der Waals surface area contributed by atoms with Crippen molar-refractivity contribution >= 4 is 57.9 Å². The number of thiophene rings is 1. The molecule has 1 aromatic heterocycles. The molecule has 0 fully saturated rings. The van der Waals surface area contributed by atoms with Crippen molar-refractivity contribution in [2.75, 3.05) is 12.4 Å². The molecule has 0 saturated carbocycles. The fourth-order valence-corrected chi connectivity index (χ4v) is 3.14. The molecule has 0 aliphatic carbocycles. The smallest absolute Gasteiger partial charge is 0.321 e. The quantitative estimate of drug-likeness (QED) is 0.793. The van der Waals surface area contributed by atoms with Crippen molar-refractivity contribution in [3.63, 3.8) is 0 Å². The maximum atomic E-state index is 12.1. The Hall–Kier alpha value is -0.940. The Morgan fingerprint density at radius 1 is 1.25 bits per heavy atom. The summed E-state index contributed by atoms with van der Waals surface area (Å²) in [6, 6.07) is 8.37. The van der Waals surface area contributed by atoms with Gasteiger partial charge in [-0.3, -0.25) is 0 Å². The minimum atomic E-state index is -0.251. The van der Waals surface area contributed by atoms with Crippen molar-refractivity contribution in [1.29, 1.82) is 0 Å². The molecule has 0 unspecified atom stereocenters. The maximum absolute atomic E-state index is 12.1. The number of nitrogens with zero attached hydrogens (tertiary/aromatic N) is 1. The first-order valence-electron chi connectivity index (χ1n) is 5.67. The van der Waals surface area contributed by atoms with Gasteiger partial charge in [-0.2, -0.15) is 0 Å². The second-order valence-corrected chi connectivity index (χ2v) is 6.76. The van der Waals surface area contributed by atoms with Crippen molar-refractivity contribution in [2.24, 2.45) is 0 Å². The van der Waals surface area contributed by atoms with Gasteiger partial charge in [0.25, 0.3) is 0 Å². The van der Waals surface area contributed by atoms with Crippen LogP contribution in [0.15, 0.2) is 30.3 Å². The Bertz CT molecular complexity index is 630. The van der Waals surface area contributed by atoms with E-state index in [2.05, 4.69) is 5.32 Å². The number of amides is 2. The van der Waals surface area contributed by atoms with Crippen molar-refractivity contribution in [3.8, 4) is 0 Å². The molecule has 2 rings (SSSR count). The molecule has 20 heavy (non-hydrogen) atoms. The van der Waals surface area contributed by atoms with E-state index in [0.29, 0.717) is 26.6 Å². The Kier molecular flexibility index (Phi) is 5.16. The highest BCUT2D eigenvalue weighted by Crippen LogP contribution is 2.26. The summed E-state index contributed by atoms with van der Waals surface area (Å²) in [5, 5.41) is 3.66. The van der Waals surface area contributed by atoms with Gasteiger partial charge in [0.15, 0.2) is 0 Å². The number of rotatable bonds is 3. The summed E-state index contributed by atoms with van der Waals surface area (Å²) in [5.74, 6) is 0. The molecule has 2 aromatic rings. The van der Waals surface area contributed by atoms with Gasteiger partial charge in [-0.1, -0.05) is 34.8 Å². The fraction of sp³-hybridized carbons (Fsp3) is 0.154. The van der Waals surface area contributed by atoms with E-state index in [9.17, 15) is 4.79 Å². The van der Waals surface area contributed by atoms with Crippen LogP contribution in [0, 0.1) is 0 Å². The minimum absolute atomic E-state index is 0.251. The normalized spacial score (nSPS) is 10.4. The summed E-state index contributed by atoms with van der Waals surface area (Å²) >= 11 is 19.1. The van der Waals surface area contributed by atoms with Gasteiger partial charge in [0.1, 0.15) is 0 Å². The van der Waals surface area contributed by atoms with Gasteiger partial charge >= 0.3 is 6.03 Å². The van der Waals surface area contributed by atoms with Crippen LogP contribution in [0.3, 0.4) is 0 Å². The highest BCUT2D eigenvalue weighted by atomic mass is 35.5. The van der Waals surface area contributed by atoms with Crippen molar-refractivity contribution in [2.45, 2.75) is 6.54 Å². The number of carbonyl (C=O) groups excluding carboxylic acids is 1. The van der Waals surface area contributed by atoms with Crippen LogP contribution in [-0.2, 0) is 6.54 Å². The molecular formula is C13H11Cl3N2OS. The van der Waals surface area contributed by atoms with Gasteiger partial charge in [-0.25, -0.2) is 4.79 Å². The molecule has 106 valence electrons. The molecule has 0 spiro atoms. The van der Waals surface area contributed by atoms with Crippen LogP contribution in [0.4, 0.5) is 10.5 Å². The number of benzene rings is 1. The molecule has 0 aliphatic heterocycles. The fourth-order valence-electron chi connectivity index (χ4n) is 1.54. The number of nitrogens with one attached hydrogen (secondary N) is 1. The lowest BCUT2D eigenvalue weighted by Crippen LogP contribution is -2.30. The second kappa shape index (κ2) is 6.68. The van der Waals surface area contributed by atoms with E-state index in [1.165, 1.54) is 11.3 Å². The van der Waals surface area contributed by atoms with Crippen molar-refractivity contribution in [1.82, 2.24) is 4.90 Å². The Morgan fingerprint density at radius 2 is 2.00 bits per heavy atom. The average Bonchev–Trinajstić information content (AvgIpc) is 2.78. The largest absolute Gasteiger partial charge is 0.322 e. The first-order valence-corrected chi connectivity index (χ1v) is 7.62. The second-order valence-electron chi connectivity index (χ2n) is 4.12. The molecule has 0 aliphatic rings. The van der Waals surface area contributed by atoms with Crippen LogP contribution in [0.25, 0.3) is 0 Å². The third kappa shape index (κ3) is 4.03. The highest BCUT2D eigenvalue weighted by Gasteiger charge is 2.12. The molecule has 1 aromatic carbocycles. The van der Waals surface area contributed by atoms with E-state index < -0.39 is 0 Å². The summed E-state index contributed by atoms with van der Waals surface area (Å²) in [6.07, 6.45) is 0. The summed E-state index contributed by atoms with van der Waals surface area (Å²) < 4.78 is 0.703. The predicted octanol–water partition coefficient (Wildman–Crippen LogP) is 5.37. The molecule has 0 atom stereocenters. The number of urea groups is 1. The standard InChI is InChI=1S/C13H11Cl3N2OS/c1-18(7-9-3-5-12(16)20-9)13(19)17-11-4-2-8(14)6-10(11)15/h2-6H,7H2,1H3,(H,17,19). The SMILES string of the molecule is CN(Cc1ccc(Cl)s1)C(=O)Nc1ccc(Cl)cc1Cl. The van der Waals surface area contributed by atoms with E-state index >= 15 is 0 Å². The predicted molar refractivity (Wildman–Crippen MR) is 86.3 cm³/mol. The van der Waals surface area contributed by atoms with E-state index in [0.717, 1.165) is 4.88 Å². The van der Waals surface area contributed by atoms with E-state index in [4.69, 9.17) is 34.8 Å². The van der Waals surface area contributed by atoms with E-state index in [-0.39, 0.29) is 6.03 Å².